The van der Waals surface area contributed by atoms with E-state index in [2.05, 4.69) is 24.1 Å². The molecule has 0 saturated heterocycles. The minimum atomic E-state index is 0.882. The molecule has 1 N–H and O–H groups in total. The summed E-state index contributed by atoms with van der Waals surface area (Å²) in [7, 11) is 0. The van der Waals surface area contributed by atoms with E-state index in [0.29, 0.717) is 0 Å². The Morgan fingerprint density at radius 3 is 2.40 bits per heavy atom. The Hall–Kier alpha value is -0.0800. The lowest BCUT2D eigenvalue weighted by molar-refractivity contribution is 0.277. The van der Waals surface area contributed by atoms with Gasteiger partial charge in [0.25, 0.3) is 0 Å². The maximum absolute atomic E-state index is 3.57. The first-order chi connectivity index (χ1) is 7.36. The van der Waals surface area contributed by atoms with E-state index in [1.807, 2.05) is 0 Å². The summed E-state index contributed by atoms with van der Waals surface area (Å²) in [5.74, 6) is 0. The van der Waals surface area contributed by atoms with Gasteiger partial charge in [-0.1, -0.05) is 20.3 Å². The summed E-state index contributed by atoms with van der Waals surface area (Å²) in [5.41, 5.74) is 0. The molecule has 0 unspecified atom stereocenters. The lowest BCUT2D eigenvalue weighted by Crippen LogP contribution is -2.26. The van der Waals surface area contributed by atoms with Gasteiger partial charge in [-0.25, -0.2) is 0 Å². The summed E-state index contributed by atoms with van der Waals surface area (Å²) in [6.07, 6.45) is 8.21. The van der Waals surface area contributed by atoms with Crippen molar-refractivity contribution in [3.8, 4) is 0 Å². The highest BCUT2D eigenvalue weighted by Crippen LogP contribution is 2.18. The van der Waals surface area contributed by atoms with Gasteiger partial charge in [0.15, 0.2) is 0 Å². The topological polar surface area (TPSA) is 15.3 Å². The molecule has 0 aromatic carbocycles. The van der Waals surface area contributed by atoms with Gasteiger partial charge < -0.3 is 10.2 Å². The van der Waals surface area contributed by atoms with Crippen LogP contribution in [0.3, 0.4) is 0 Å². The van der Waals surface area contributed by atoms with Gasteiger partial charge in [-0.15, -0.1) is 0 Å². The zero-order valence-electron chi connectivity index (χ0n) is 10.6. The number of unbranched alkanes of at least 4 members (excludes halogenated alkanes) is 2. The third-order valence-corrected chi connectivity index (χ3v) is 3.19. The van der Waals surface area contributed by atoms with Gasteiger partial charge >= 0.3 is 0 Å². The van der Waals surface area contributed by atoms with Crippen LogP contribution in [0.25, 0.3) is 0 Å². The van der Waals surface area contributed by atoms with Gasteiger partial charge in [-0.3, -0.25) is 0 Å². The molecule has 0 aliphatic heterocycles. The van der Waals surface area contributed by atoms with Crippen LogP contribution in [-0.4, -0.2) is 37.1 Å². The van der Waals surface area contributed by atoms with Crippen molar-refractivity contribution in [1.82, 2.24) is 10.2 Å². The molecule has 1 fully saturated rings. The molecule has 0 radical (unpaired) electrons. The van der Waals surface area contributed by atoms with E-state index < -0.39 is 0 Å². The van der Waals surface area contributed by atoms with E-state index >= 15 is 0 Å². The van der Waals surface area contributed by atoms with Gasteiger partial charge in [0, 0.05) is 6.04 Å². The SMILES string of the molecule is CCCCN(CC)CCCCNC1CC1. The Labute approximate surface area is 95.4 Å². The molecule has 1 rings (SSSR count). The minimum absolute atomic E-state index is 0.882. The Bertz CT molecular complexity index is 143. The second-order valence-electron chi connectivity index (χ2n) is 4.72. The molecule has 2 nitrogen and oxygen atoms in total. The van der Waals surface area contributed by atoms with Crippen LogP contribution in [0.4, 0.5) is 0 Å². The van der Waals surface area contributed by atoms with Crippen molar-refractivity contribution < 1.29 is 0 Å². The fourth-order valence-electron chi connectivity index (χ4n) is 1.86. The van der Waals surface area contributed by atoms with Crippen LogP contribution < -0.4 is 5.32 Å². The first kappa shape index (κ1) is 13.0. The van der Waals surface area contributed by atoms with Crippen LogP contribution >= 0.6 is 0 Å². The molecule has 0 amide bonds. The largest absolute Gasteiger partial charge is 0.314 e. The normalized spacial score (nSPS) is 16.2. The fourth-order valence-corrected chi connectivity index (χ4v) is 1.86. The molecule has 2 heteroatoms. The fraction of sp³-hybridized carbons (Fsp3) is 1.00. The molecule has 1 aliphatic rings. The molecule has 0 aromatic rings. The average Bonchev–Trinajstić information content (AvgIpc) is 3.06. The lowest BCUT2D eigenvalue weighted by Gasteiger charge is -2.19. The number of rotatable bonds is 10. The molecule has 0 bridgehead atoms. The van der Waals surface area contributed by atoms with E-state index in [-0.39, 0.29) is 0 Å². The van der Waals surface area contributed by atoms with Crippen molar-refractivity contribution >= 4 is 0 Å². The molecular formula is C13H28N2. The zero-order valence-corrected chi connectivity index (χ0v) is 10.6. The Morgan fingerprint density at radius 2 is 1.80 bits per heavy atom. The van der Waals surface area contributed by atoms with Crippen molar-refractivity contribution in [2.75, 3.05) is 26.2 Å². The first-order valence-electron chi connectivity index (χ1n) is 6.82. The third-order valence-electron chi connectivity index (χ3n) is 3.19. The van der Waals surface area contributed by atoms with Crippen LogP contribution in [0.15, 0.2) is 0 Å². The summed E-state index contributed by atoms with van der Waals surface area (Å²) < 4.78 is 0. The summed E-state index contributed by atoms with van der Waals surface area (Å²) in [6, 6.07) is 0.882. The van der Waals surface area contributed by atoms with Crippen LogP contribution in [0.2, 0.25) is 0 Å². The van der Waals surface area contributed by atoms with Gasteiger partial charge in [0.1, 0.15) is 0 Å². The van der Waals surface area contributed by atoms with Crippen LogP contribution in [0.1, 0.15) is 52.4 Å². The molecule has 0 aromatic heterocycles. The maximum Gasteiger partial charge on any atom is 0.00682 e. The maximum atomic E-state index is 3.57. The molecular weight excluding hydrogens is 184 g/mol. The van der Waals surface area contributed by atoms with E-state index in [0.717, 1.165) is 6.04 Å². The van der Waals surface area contributed by atoms with Crippen LogP contribution in [-0.2, 0) is 0 Å². The van der Waals surface area contributed by atoms with E-state index in [1.54, 1.807) is 0 Å². The molecule has 15 heavy (non-hydrogen) atoms. The predicted molar refractivity (Wildman–Crippen MR) is 67.3 cm³/mol. The Balaban J connectivity index is 1.86. The van der Waals surface area contributed by atoms with Crippen molar-refractivity contribution in [3.63, 3.8) is 0 Å². The minimum Gasteiger partial charge on any atom is -0.314 e. The zero-order chi connectivity index (χ0) is 10.9. The van der Waals surface area contributed by atoms with Crippen molar-refractivity contribution in [3.05, 3.63) is 0 Å². The first-order valence-corrected chi connectivity index (χ1v) is 6.82. The smallest absolute Gasteiger partial charge is 0.00682 e. The van der Waals surface area contributed by atoms with Crippen LogP contribution in [0, 0.1) is 0 Å². The summed E-state index contributed by atoms with van der Waals surface area (Å²) in [6.45, 7) is 9.59. The summed E-state index contributed by atoms with van der Waals surface area (Å²) in [4.78, 5) is 2.58. The van der Waals surface area contributed by atoms with E-state index in [4.69, 9.17) is 0 Å². The second kappa shape index (κ2) is 8.12. The van der Waals surface area contributed by atoms with Crippen LogP contribution in [0.5, 0.6) is 0 Å². The molecule has 0 heterocycles. The van der Waals surface area contributed by atoms with Gasteiger partial charge in [-0.05, 0) is 58.3 Å². The standard InChI is InChI=1S/C13H28N2/c1-3-5-11-15(4-2)12-7-6-10-14-13-8-9-13/h13-14H,3-12H2,1-2H3. The summed E-state index contributed by atoms with van der Waals surface area (Å²) in [5, 5.41) is 3.57. The quantitative estimate of drug-likeness (QED) is 0.560. The molecule has 0 atom stereocenters. The highest BCUT2D eigenvalue weighted by atomic mass is 15.1. The highest BCUT2D eigenvalue weighted by molar-refractivity contribution is 4.80. The molecule has 90 valence electrons. The monoisotopic (exact) mass is 212 g/mol. The predicted octanol–water partition coefficient (Wildman–Crippen LogP) is 2.64. The Morgan fingerprint density at radius 1 is 1.07 bits per heavy atom. The molecule has 1 saturated carbocycles. The number of nitrogens with zero attached hydrogens (tertiary/aromatic N) is 1. The Kier molecular flexibility index (Phi) is 7.03. The molecule has 0 spiro atoms. The summed E-state index contributed by atoms with van der Waals surface area (Å²) >= 11 is 0. The second-order valence-corrected chi connectivity index (χ2v) is 4.72. The number of nitrogens with one attached hydrogen (secondary N) is 1. The third kappa shape index (κ3) is 6.91. The van der Waals surface area contributed by atoms with Gasteiger partial charge in [-0.2, -0.15) is 0 Å². The average molecular weight is 212 g/mol. The highest BCUT2D eigenvalue weighted by Gasteiger charge is 2.19. The van der Waals surface area contributed by atoms with Crippen molar-refractivity contribution in [2.24, 2.45) is 0 Å². The van der Waals surface area contributed by atoms with Gasteiger partial charge in [0.2, 0.25) is 0 Å². The van der Waals surface area contributed by atoms with Crippen molar-refractivity contribution in [2.45, 2.75) is 58.4 Å². The van der Waals surface area contributed by atoms with Gasteiger partial charge in [0.05, 0.1) is 0 Å². The van der Waals surface area contributed by atoms with E-state index in [9.17, 15) is 0 Å². The number of hydrogen-bond acceptors (Lipinski definition) is 2. The lowest BCUT2D eigenvalue weighted by atomic mass is 10.2. The number of hydrogen-bond donors (Lipinski definition) is 1. The molecule has 1 aliphatic carbocycles. The van der Waals surface area contributed by atoms with Crippen molar-refractivity contribution in [1.29, 1.82) is 0 Å². The van der Waals surface area contributed by atoms with E-state index in [1.165, 1.54) is 64.7 Å².